The summed E-state index contributed by atoms with van der Waals surface area (Å²) in [4.78, 5) is 8.88. The molecule has 4 heteroatoms. The van der Waals surface area contributed by atoms with Crippen molar-refractivity contribution in [1.82, 2.24) is 9.97 Å². The van der Waals surface area contributed by atoms with Crippen LogP contribution in [0.3, 0.4) is 0 Å². The first-order valence-electron chi connectivity index (χ1n) is 6.42. The van der Waals surface area contributed by atoms with Crippen molar-refractivity contribution in [3.8, 4) is 11.4 Å². The Balaban J connectivity index is 0.000000704. The van der Waals surface area contributed by atoms with Gasteiger partial charge in [-0.3, -0.25) is 0 Å². The van der Waals surface area contributed by atoms with Crippen molar-refractivity contribution in [2.24, 2.45) is 0 Å². The van der Waals surface area contributed by atoms with Gasteiger partial charge in [-0.2, -0.15) is 0 Å². The third kappa shape index (κ3) is 3.17. The lowest BCUT2D eigenvalue weighted by Crippen LogP contribution is -1.91. The van der Waals surface area contributed by atoms with Crippen molar-refractivity contribution in [1.29, 1.82) is 0 Å². The van der Waals surface area contributed by atoms with Crippen LogP contribution >= 0.6 is 27.5 Å². The van der Waals surface area contributed by atoms with Gasteiger partial charge in [0.05, 0.1) is 5.52 Å². The zero-order chi connectivity index (χ0) is 14.5. The van der Waals surface area contributed by atoms with Gasteiger partial charge in [-0.05, 0) is 18.2 Å². The van der Waals surface area contributed by atoms with E-state index in [0.29, 0.717) is 11.0 Å². The first-order chi connectivity index (χ1) is 9.74. The summed E-state index contributed by atoms with van der Waals surface area (Å²) in [6, 6.07) is 15.6. The summed E-state index contributed by atoms with van der Waals surface area (Å²) in [5, 5.41) is 1.32. The van der Waals surface area contributed by atoms with E-state index in [-0.39, 0.29) is 0 Å². The third-order valence-electron chi connectivity index (χ3n) is 2.64. The predicted molar refractivity (Wildman–Crippen MR) is 89.0 cm³/mol. The van der Waals surface area contributed by atoms with Gasteiger partial charge in [-0.1, -0.05) is 71.7 Å². The molecule has 0 saturated heterocycles. The van der Waals surface area contributed by atoms with Crippen LogP contribution in [-0.2, 0) is 0 Å². The maximum absolute atomic E-state index is 6.21. The van der Waals surface area contributed by atoms with Crippen molar-refractivity contribution in [2.45, 2.75) is 13.8 Å². The molecule has 0 N–H and O–H groups in total. The Morgan fingerprint density at radius 3 is 2.35 bits per heavy atom. The van der Waals surface area contributed by atoms with Crippen LogP contribution < -0.4 is 0 Å². The molecule has 0 radical (unpaired) electrons. The van der Waals surface area contributed by atoms with Crippen LogP contribution in [-0.4, -0.2) is 9.97 Å². The van der Waals surface area contributed by atoms with E-state index in [1.54, 1.807) is 0 Å². The van der Waals surface area contributed by atoms with Crippen LogP contribution in [0.25, 0.3) is 22.3 Å². The average molecular weight is 350 g/mol. The number of benzene rings is 2. The molecule has 0 bridgehead atoms. The van der Waals surface area contributed by atoms with Gasteiger partial charge in [-0.25, -0.2) is 9.97 Å². The maximum Gasteiger partial charge on any atom is 0.161 e. The van der Waals surface area contributed by atoms with Crippen LogP contribution in [0.4, 0.5) is 0 Å². The highest BCUT2D eigenvalue weighted by Crippen LogP contribution is 2.26. The van der Waals surface area contributed by atoms with Crippen LogP contribution in [0.5, 0.6) is 0 Å². The zero-order valence-electron chi connectivity index (χ0n) is 11.3. The second-order valence-corrected chi connectivity index (χ2v) is 5.14. The molecule has 0 atom stereocenters. The molecule has 2 nitrogen and oxygen atoms in total. The number of aromatic nitrogens is 2. The van der Waals surface area contributed by atoms with E-state index in [4.69, 9.17) is 11.6 Å². The molecule has 0 unspecified atom stereocenters. The zero-order valence-corrected chi connectivity index (χ0v) is 13.6. The van der Waals surface area contributed by atoms with E-state index in [1.807, 2.05) is 62.4 Å². The van der Waals surface area contributed by atoms with Gasteiger partial charge in [0.25, 0.3) is 0 Å². The highest BCUT2D eigenvalue weighted by Gasteiger charge is 2.07. The fraction of sp³-hybridized carbons (Fsp3) is 0.125. The Labute approximate surface area is 132 Å². The smallest absolute Gasteiger partial charge is 0.161 e. The van der Waals surface area contributed by atoms with E-state index in [1.165, 1.54) is 0 Å². The topological polar surface area (TPSA) is 25.8 Å². The number of hydrogen-bond donors (Lipinski definition) is 0. The highest BCUT2D eigenvalue weighted by atomic mass is 79.9. The normalized spacial score (nSPS) is 10.0. The fourth-order valence-corrected chi connectivity index (χ4v) is 2.37. The number of fused-ring (bicyclic) bond motifs is 1. The van der Waals surface area contributed by atoms with Gasteiger partial charge in [-0.15, -0.1) is 0 Å². The largest absolute Gasteiger partial charge is 0.228 e. The number of hydrogen-bond acceptors (Lipinski definition) is 2. The second kappa shape index (κ2) is 6.82. The summed E-state index contributed by atoms with van der Waals surface area (Å²) in [6.45, 7) is 4.00. The molecular weight excluding hydrogens is 336 g/mol. The lowest BCUT2D eigenvalue weighted by Gasteiger charge is -2.04. The molecule has 0 spiro atoms. The molecule has 0 aliphatic carbocycles. The van der Waals surface area contributed by atoms with Crippen molar-refractivity contribution in [2.75, 3.05) is 0 Å². The minimum Gasteiger partial charge on any atom is -0.228 e. The molecule has 0 fully saturated rings. The molecule has 2 aromatic carbocycles. The van der Waals surface area contributed by atoms with E-state index >= 15 is 0 Å². The predicted octanol–water partition coefficient (Wildman–Crippen LogP) is 5.74. The first kappa shape index (κ1) is 14.9. The van der Waals surface area contributed by atoms with E-state index in [2.05, 4.69) is 25.9 Å². The van der Waals surface area contributed by atoms with E-state index < -0.39 is 0 Å². The van der Waals surface area contributed by atoms with Crippen molar-refractivity contribution < 1.29 is 0 Å². The SMILES string of the molecule is CC.Clc1nc(-c2ccccc2)nc2ccc(Br)cc12. The van der Waals surface area contributed by atoms with Crippen molar-refractivity contribution in [3.05, 3.63) is 58.2 Å². The number of halogens is 2. The molecule has 0 amide bonds. The average Bonchev–Trinajstić information content (AvgIpc) is 2.51. The van der Waals surface area contributed by atoms with E-state index in [9.17, 15) is 0 Å². The standard InChI is InChI=1S/C14H8BrClN2.C2H6/c15-10-6-7-12-11(8-10)13(16)18-14(17-12)9-4-2-1-3-5-9;1-2/h1-8H;1-2H3. The van der Waals surface area contributed by atoms with Gasteiger partial charge >= 0.3 is 0 Å². The molecule has 0 saturated carbocycles. The van der Waals surface area contributed by atoms with Crippen molar-refractivity contribution in [3.63, 3.8) is 0 Å². The third-order valence-corrected chi connectivity index (χ3v) is 3.42. The molecule has 0 aliphatic heterocycles. The summed E-state index contributed by atoms with van der Waals surface area (Å²) in [6.07, 6.45) is 0. The molecule has 1 heterocycles. The van der Waals surface area contributed by atoms with Crippen LogP contribution in [0, 0.1) is 0 Å². The van der Waals surface area contributed by atoms with Gasteiger partial charge in [0.1, 0.15) is 5.15 Å². The minimum absolute atomic E-state index is 0.472. The molecule has 20 heavy (non-hydrogen) atoms. The lowest BCUT2D eigenvalue weighted by atomic mass is 10.2. The van der Waals surface area contributed by atoms with Crippen LogP contribution in [0.2, 0.25) is 5.15 Å². The maximum atomic E-state index is 6.21. The Hall–Kier alpha value is -1.45. The second-order valence-electron chi connectivity index (χ2n) is 3.87. The summed E-state index contributed by atoms with van der Waals surface area (Å²) < 4.78 is 0.966. The molecule has 1 aromatic heterocycles. The van der Waals surface area contributed by atoms with Crippen molar-refractivity contribution >= 4 is 38.4 Å². The summed E-state index contributed by atoms with van der Waals surface area (Å²) in [7, 11) is 0. The Morgan fingerprint density at radius 1 is 0.950 bits per heavy atom. The molecule has 3 rings (SSSR count). The molecule has 3 aromatic rings. The Bertz CT molecular complexity index is 714. The van der Waals surface area contributed by atoms with Gasteiger partial charge in [0.2, 0.25) is 0 Å². The Kier molecular flexibility index (Phi) is 5.10. The number of rotatable bonds is 1. The minimum atomic E-state index is 0.472. The quantitative estimate of drug-likeness (QED) is 0.524. The molecule has 0 aliphatic rings. The molecule has 102 valence electrons. The van der Waals surface area contributed by atoms with Gasteiger partial charge in [0, 0.05) is 15.4 Å². The van der Waals surface area contributed by atoms with E-state index in [0.717, 1.165) is 20.9 Å². The lowest BCUT2D eigenvalue weighted by molar-refractivity contribution is 1.23. The Morgan fingerprint density at radius 2 is 1.65 bits per heavy atom. The van der Waals surface area contributed by atoms with Crippen LogP contribution in [0.1, 0.15) is 13.8 Å². The van der Waals surface area contributed by atoms with Gasteiger partial charge < -0.3 is 0 Å². The summed E-state index contributed by atoms with van der Waals surface area (Å²) in [5.41, 5.74) is 1.81. The summed E-state index contributed by atoms with van der Waals surface area (Å²) in [5.74, 6) is 0.649. The summed E-state index contributed by atoms with van der Waals surface area (Å²) >= 11 is 9.63. The number of nitrogens with zero attached hydrogens (tertiary/aromatic N) is 2. The molecular formula is C16H14BrClN2. The first-order valence-corrected chi connectivity index (χ1v) is 7.59. The highest BCUT2D eigenvalue weighted by molar-refractivity contribution is 9.10. The van der Waals surface area contributed by atoms with Crippen LogP contribution in [0.15, 0.2) is 53.0 Å². The monoisotopic (exact) mass is 348 g/mol. The van der Waals surface area contributed by atoms with Gasteiger partial charge in [0.15, 0.2) is 5.82 Å². The fourth-order valence-electron chi connectivity index (χ4n) is 1.78.